The second kappa shape index (κ2) is 8.32. The smallest absolute Gasteiger partial charge is 0.243 e. The number of ether oxygens (including phenoxy) is 2. The molecule has 1 aromatic rings. The molecule has 1 aromatic carbocycles. The van der Waals surface area contributed by atoms with Gasteiger partial charge in [0.15, 0.2) is 0 Å². The van der Waals surface area contributed by atoms with Crippen LogP contribution in [0.15, 0.2) is 23.1 Å². The molecule has 1 rings (SSSR count). The first-order valence-electron chi connectivity index (χ1n) is 6.15. The molecule has 0 heterocycles. The van der Waals surface area contributed by atoms with Gasteiger partial charge in [-0.05, 0) is 18.2 Å². The molecule has 0 radical (unpaired) electrons. The summed E-state index contributed by atoms with van der Waals surface area (Å²) in [7, 11) is -0.714. The summed E-state index contributed by atoms with van der Waals surface area (Å²) in [6.45, 7) is 0.958. The zero-order valence-electron chi connectivity index (χ0n) is 11.9. The van der Waals surface area contributed by atoms with Crippen molar-refractivity contribution in [1.82, 2.24) is 4.31 Å². The Labute approximate surface area is 129 Å². The SMILES string of the molecule is COCCN(CCOC)S(=O)(=O)c1ccc(C#N)c(Cl)c1. The summed E-state index contributed by atoms with van der Waals surface area (Å²) < 4.78 is 36.3. The van der Waals surface area contributed by atoms with Crippen molar-refractivity contribution >= 4 is 21.6 Å². The van der Waals surface area contributed by atoms with Gasteiger partial charge in [-0.1, -0.05) is 11.6 Å². The van der Waals surface area contributed by atoms with Gasteiger partial charge in [-0.2, -0.15) is 9.57 Å². The Hall–Kier alpha value is -1.17. The minimum absolute atomic E-state index is 0.0405. The number of nitriles is 1. The molecular weight excluding hydrogens is 316 g/mol. The third kappa shape index (κ3) is 4.66. The summed E-state index contributed by atoms with van der Waals surface area (Å²) >= 11 is 5.89. The lowest BCUT2D eigenvalue weighted by Crippen LogP contribution is -2.36. The lowest BCUT2D eigenvalue weighted by Gasteiger charge is -2.21. The van der Waals surface area contributed by atoms with E-state index in [4.69, 9.17) is 26.3 Å². The molecule has 0 unspecified atom stereocenters. The summed E-state index contributed by atoms with van der Waals surface area (Å²) in [4.78, 5) is 0.0405. The quantitative estimate of drug-likeness (QED) is 0.720. The highest BCUT2D eigenvalue weighted by molar-refractivity contribution is 7.89. The predicted molar refractivity (Wildman–Crippen MR) is 78.7 cm³/mol. The minimum atomic E-state index is -3.71. The summed E-state index contributed by atoms with van der Waals surface area (Å²) in [6, 6.07) is 5.93. The van der Waals surface area contributed by atoms with Crippen molar-refractivity contribution in [1.29, 1.82) is 5.26 Å². The van der Waals surface area contributed by atoms with E-state index in [2.05, 4.69) is 0 Å². The van der Waals surface area contributed by atoms with Gasteiger partial charge in [-0.3, -0.25) is 0 Å². The third-order valence-electron chi connectivity index (χ3n) is 2.79. The Morgan fingerprint density at radius 3 is 2.24 bits per heavy atom. The molecule has 0 aliphatic rings. The van der Waals surface area contributed by atoms with E-state index in [0.29, 0.717) is 0 Å². The monoisotopic (exact) mass is 332 g/mol. The Kier molecular flexibility index (Phi) is 7.08. The van der Waals surface area contributed by atoms with Crippen LogP contribution in [0.4, 0.5) is 0 Å². The molecule has 0 saturated carbocycles. The van der Waals surface area contributed by atoms with Gasteiger partial charge in [0, 0.05) is 27.3 Å². The molecule has 0 atom stereocenters. The molecule has 116 valence electrons. The second-order valence-corrected chi connectivity index (χ2v) is 6.49. The maximum absolute atomic E-state index is 12.6. The Balaban J connectivity index is 3.09. The van der Waals surface area contributed by atoms with Crippen LogP contribution in [0.25, 0.3) is 0 Å². The van der Waals surface area contributed by atoms with Crippen molar-refractivity contribution in [3.8, 4) is 6.07 Å². The van der Waals surface area contributed by atoms with E-state index in [0.717, 1.165) is 0 Å². The highest BCUT2D eigenvalue weighted by Crippen LogP contribution is 2.22. The molecule has 0 fully saturated rings. The van der Waals surface area contributed by atoms with E-state index in [1.165, 1.54) is 36.7 Å². The molecule has 6 nitrogen and oxygen atoms in total. The van der Waals surface area contributed by atoms with Gasteiger partial charge in [-0.15, -0.1) is 0 Å². The average Bonchev–Trinajstić information content (AvgIpc) is 2.47. The molecule has 0 N–H and O–H groups in total. The Bertz CT molecular complexity index is 605. The van der Waals surface area contributed by atoms with Crippen molar-refractivity contribution < 1.29 is 17.9 Å². The average molecular weight is 333 g/mol. The number of rotatable bonds is 8. The van der Waals surface area contributed by atoms with Gasteiger partial charge in [0.25, 0.3) is 0 Å². The molecule has 0 aliphatic carbocycles. The molecule has 0 bridgehead atoms. The van der Waals surface area contributed by atoms with Crippen LogP contribution in [0.3, 0.4) is 0 Å². The summed E-state index contributed by atoms with van der Waals surface area (Å²) in [5.41, 5.74) is 0.232. The van der Waals surface area contributed by atoms with Crippen LogP contribution in [0, 0.1) is 11.3 Å². The first kappa shape index (κ1) is 17.9. The molecule has 0 aliphatic heterocycles. The van der Waals surface area contributed by atoms with Crippen molar-refractivity contribution in [3.63, 3.8) is 0 Å². The normalized spacial score (nSPS) is 11.6. The van der Waals surface area contributed by atoms with Crippen LogP contribution < -0.4 is 0 Å². The van der Waals surface area contributed by atoms with Gasteiger partial charge in [-0.25, -0.2) is 8.42 Å². The first-order chi connectivity index (χ1) is 9.97. The number of halogens is 1. The summed E-state index contributed by atoms with van der Waals surface area (Å²) in [5.74, 6) is 0. The third-order valence-corrected chi connectivity index (χ3v) is 5.00. The number of benzene rings is 1. The van der Waals surface area contributed by atoms with Crippen molar-refractivity contribution in [2.75, 3.05) is 40.5 Å². The van der Waals surface area contributed by atoms with Crippen LogP contribution in [0.1, 0.15) is 5.56 Å². The van der Waals surface area contributed by atoms with Crippen LogP contribution in [0.2, 0.25) is 5.02 Å². The van der Waals surface area contributed by atoms with E-state index < -0.39 is 10.0 Å². The van der Waals surface area contributed by atoms with Gasteiger partial charge >= 0.3 is 0 Å². The highest BCUT2D eigenvalue weighted by Gasteiger charge is 2.24. The molecule has 0 spiro atoms. The first-order valence-corrected chi connectivity index (χ1v) is 7.96. The molecule has 8 heteroatoms. The lowest BCUT2D eigenvalue weighted by molar-refractivity contribution is 0.150. The van der Waals surface area contributed by atoms with Crippen LogP contribution in [0.5, 0.6) is 0 Å². The minimum Gasteiger partial charge on any atom is -0.383 e. The number of hydrogen-bond donors (Lipinski definition) is 0. The fourth-order valence-corrected chi connectivity index (χ4v) is 3.36. The standard InChI is InChI=1S/C13H17ClN2O4S/c1-19-7-5-16(6-8-20-2)21(17,18)12-4-3-11(10-15)13(14)9-12/h3-4,9H,5-8H2,1-2H3. The van der Waals surface area contributed by atoms with E-state index in [1.54, 1.807) is 0 Å². The van der Waals surface area contributed by atoms with E-state index in [1.807, 2.05) is 6.07 Å². The van der Waals surface area contributed by atoms with Crippen LogP contribution in [-0.2, 0) is 19.5 Å². The Morgan fingerprint density at radius 2 is 1.81 bits per heavy atom. The summed E-state index contributed by atoms with van der Waals surface area (Å²) in [5, 5.41) is 8.93. The molecule has 0 amide bonds. The Morgan fingerprint density at radius 1 is 1.24 bits per heavy atom. The maximum atomic E-state index is 12.6. The summed E-state index contributed by atoms with van der Waals surface area (Å²) in [6.07, 6.45) is 0. The predicted octanol–water partition coefficient (Wildman–Crippen LogP) is 1.50. The van der Waals surface area contributed by atoms with Gasteiger partial charge < -0.3 is 9.47 Å². The molecule has 21 heavy (non-hydrogen) atoms. The van der Waals surface area contributed by atoms with E-state index >= 15 is 0 Å². The zero-order valence-corrected chi connectivity index (χ0v) is 13.4. The molecule has 0 aromatic heterocycles. The second-order valence-electron chi connectivity index (χ2n) is 4.14. The van der Waals surface area contributed by atoms with Gasteiger partial charge in [0.2, 0.25) is 10.0 Å². The van der Waals surface area contributed by atoms with Crippen LogP contribution >= 0.6 is 11.6 Å². The maximum Gasteiger partial charge on any atom is 0.243 e. The highest BCUT2D eigenvalue weighted by atomic mass is 35.5. The van der Waals surface area contributed by atoms with Gasteiger partial charge in [0.1, 0.15) is 6.07 Å². The fourth-order valence-electron chi connectivity index (χ4n) is 1.63. The zero-order chi connectivity index (χ0) is 15.9. The lowest BCUT2D eigenvalue weighted by atomic mass is 10.2. The van der Waals surface area contributed by atoms with E-state index in [-0.39, 0.29) is 41.8 Å². The molecular formula is C13H17ClN2O4S. The topological polar surface area (TPSA) is 79.6 Å². The van der Waals surface area contributed by atoms with Crippen molar-refractivity contribution in [2.24, 2.45) is 0 Å². The number of methoxy groups -OCH3 is 2. The van der Waals surface area contributed by atoms with Gasteiger partial charge in [0.05, 0.1) is 28.7 Å². The number of hydrogen-bond acceptors (Lipinski definition) is 5. The van der Waals surface area contributed by atoms with Crippen molar-refractivity contribution in [3.05, 3.63) is 28.8 Å². The number of nitrogens with zero attached hydrogens (tertiary/aromatic N) is 2. The van der Waals surface area contributed by atoms with E-state index in [9.17, 15) is 8.42 Å². The van der Waals surface area contributed by atoms with Crippen molar-refractivity contribution in [2.45, 2.75) is 4.90 Å². The molecule has 0 saturated heterocycles. The fraction of sp³-hybridized carbons (Fsp3) is 0.462. The van der Waals surface area contributed by atoms with Crippen LogP contribution in [-0.4, -0.2) is 53.2 Å². The number of sulfonamides is 1. The largest absolute Gasteiger partial charge is 0.383 e.